The van der Waals surface area contributed by atoms with Crippen LogP contribution in [0, 0.1) is 0 Å². The van der Waals surface area contributed by atoms with Gasteiger partial charge in [-0.3, -0.25) is 0 Å². The molecule has 0 aliphatic rings. The quantitative estimate of drug-likeness (QED) is 0.201. The van der Waals surface area contributed by atoms with Gasteiger partial charge in [0, 0.05) is 0 Å². The van der Waals surface area contributed by atoms with Gasteiger partial charge in [0.1, 0.15) is 23.9 Å². The average Bonchev–Trinajstić information content (AvgIpc) is 2.40. The van der Waals surface area contributed by atoms with E-state index in [1.165, 1.54) is 6.08 Å². The van der Waals surface area contributed by atoms with Crippen molar-refractivity contribution in [2.45, 2.75) is 50.1 Å². The number of hydrogen-bond acceptors (Lipinski definition) is 6. The van der Waals surface area contributed by atoms with Crippen LogP contribution in [0.15, 0.2) is 12.2 Å². The van der Waals surface area contributed by atoms with Crippen LogP contribution in [0.3, 0.4) is 0 Å². The molecule has 6 nitrogen and oxygen atoms in total. The Kier molecular flexibility index (Phi) is 7.97. The third-order valence-electron chi connectivity index (χ3n) is 2.74. The number of allylic oxidation sites excluding steroid dienone is 1. The van der Waals surface area contributed by atoms with Gasteiger partial charge in [0.2, 0.25) is 0 Å². The topological polar surface area (TPSA) is 118 Å². The van der Waals surface area contributed by atoms with Crippen molar-refractivity contribution in [1.82, 2.24) is 0 Å². The van der Waals surface area contributed by atoms with Gasteiger partial charge in [-0.05, 0) is 6.42 Å². The van der Waals surface area contributed by atoms with Gasteiger partial charge in [-0.25, -0.2) is 0 Å². The fraction of sp³-hybridized carbons (Fsp3) is 0.750. The van der Waals surface area contributed by atoms with Crippen molar-refractivity contribution in [2.75, 3.05) is 6.61 Å². The molecule has 0 bridgehead atoms. The molecule has 0 aromatic rings. The molecule has 0 saturated heterocycles. The molecule has 0 heterocycles. The number of aliphatic hydroxyl groups is 5. The van der Waals surface area contributed by atoms with Gasteiger partial charge in [0.05, 0.1) is 6.61 Å². The van der Waals surface area contributed by atoms with Crippen molar-refractivity contribution >= 4 is 6.29 Å². The number of unbranched alkanes of at least 4 members (excludes halogenated alkanes) is 2. The van der Waals surface area contributed by atoms with E-state index in [0.717, 1.165) is 18.9 Å². The Morgan fingerprint density at radius 2 is 1.89 bits per heavy atom. The first-order valence-corrected chi connectivity index (χ1v) is 5.94. The Morgan fingerprint density at radius 1 is 1.28 bits per heavy atom. The van der Waals surface area contributed by atoms with Gasteiger partial charge >= 0.3 is 0 Å². The molecule has 106 valence electrons. The summed E-state index contributed by atoms with van der Waals surface area (Å²) in [6.07, 6.45) is -0.338. The molecule has 5 N–H and O–H groups in total. The van der Waals surface area contributed by atoms with Crippen molar-refractivity contribution in [2.24, 2.45) is 0 Å². The van der Waals surface area contributed by atoms with E-state index in [9.17, 15) is 25.2 Å². The van der Waals surface area contributed by atoms with Crippen molar-refractivity contribution < 1.29 is 30.3 Å². The zero-order valence-corrected chi connectivity index (χ0v) is 10.4. The van der Waals surface area contributed by atoms with Gasteiger partial charge in [0.15, 0.2) is 6.29 Å². The van der Waals surface area contributed by atoms with Gasteiger partial charge in [-0.15, -0.1) is 0 Å². The molecular weight excluding hydrogens is 240 g/mol. The maximum atomic E-state index is 10.6. The Balaban J connectivity index is 4.93. The molecular formula is C12H22O6. The third kappa shape index (κ3) is 4.47. The van der Waals surface area contributed by atoms with Crippen LogP contribution in [-0.4, -0.2) is 62.3 Å². The van der Waals surface area contributed by atoms with Gasteiger partial charge in [0.25, 0.3) is 0 Å². The molecule has 0 saturated carbocycles. The van der Waals surface area contributed by atoms with Crippen LogP contribution in [0.1, 0.15) is 26.2 Å². The highest BCUT2D eigenvalue weighted by molar-refractivity contribution is 5.59. The third-order valence-corrected chi connectivity index (χ3v) is 2.74. The summed E-state index contributed by atoms with van der Waals surface area (Å²) >= 11 is 0. The number of hydrogen-bond donors (Lipinski definition) is 5. The lowest BCUT2D eigenvalue weighted by atomic mass is 9.87. The number of aldehydes is 1. The smallest absolute Gasteiger partial charge is 0.151 e. The monoisotopic (exact) mass is 262 g/mol. The molecule has 0 aliphatic heterocycles. The molecule has 0 rings (SSSR count). The van der Waals surface area contributed by atoms with Crippen LogP contribution in [0.25, 0.3) is 0 Å². The molecule has 0 aliphatic carbocycles. The van der Waals surface area contributed by atoms with Crippen LogP contribution in [-0.2, 0) is 4.79 Å². The van der Waals surface area contributed by atoms with Crippen molar-refractivity contribution in [3.05, 3.63) is 12.2 Å². The second kappa shape index (κ2) is 8.34. The molecule has 0 fully saturated rings. The first-order valence-electron chi connectivity index (χ1n) is 5.94. The van der Waals surface area contributed by atoms with Crippen LogP contribution < -0.4 is 0 Å². The fourth-order valence-electron chi connectivity index (χ4n) is 1.48. The number of carbonyl (C=O) groups excluding carboxylic acids is 1. The SMILES string of the molecule is CCCC/C=C\[C@](O)([C@H](O)[C@H](O)CO)[C@@H](O)C=O. The first kappa shape index (κ1) is 17.2. The van der Waals surface area contributed by atoms with E-state index in [0.29, 0.717) is 6.42 Å². The van der Waals surface area contributed by atoms with Crippen LogP contribution in [0.5, 0.6) is 0 Å². The van der Waals surface area contributed by atoms with Gasteiger partial charge in [-0.2, -0.15) is 0 Å². The van der Waals surface area contributed by atoms with E-state index in [1.807, 2.05) is 6.92 Å². The molecule has 6 heteroatoms. The molecule has 0 aromatic heterocycles. The summed E-state index contributed by atoms with van der Waals surface area (Å²) in [4.78, 5) is 10.6. The summed E-state index contributed by atoms with van der Waals surface area (Å²) in [5.74, 6) is 0. The van der Waals surface area contributed by atoms with Crippen molar-refractivity contribution in [3.8, 4) is 0 Å². The fourth-order valence-corrected chi connectivity index (χ4v) is 1.48. The number of aliphatic hydroxyl groups excluding tert-OH is 4. The van der Waals surface area contributed by atoms with E-state index >= 15 is 0 Å². The Morgan fingerprint density at radius 3 is 2.33 bits per heavy atom. The summed E-state index contributed by atoms with van der Waals surface area (Å²) in [6.45, 7) is 1.18. The van der Waals surface area contributed by atoms with E-state index in [-0.39, 0.29) is 6.29 Å². The van der Waals surface area contributed by atoms with E-state index in [4.69, 9.17) is 5.11 Å². The Hall–Kier alpha value is -0.790. The predicted molar refractivity (Wildman–Crippen MR) is 64.8 cm³/mol. The lowest BCUT2D eigenvalue weighted by molar-refractivity contribution is -0.161. The maximum Gasteiger partial charge on any atom is 0.151 e. The minimum Gasteiger partial charge on any atom is -0.394 e. The normalized spacial score (nSPS) is 20.3. The predicted octanol–water partition coefficient (Wildman–Crippen LogP) is -1.26. The Labute approximate surface area is 106 Å². The van der Waals surface area contributed by atoms with Crippen LogP contribution in [0.2, 0.25) is 0 Å². The second-order valence-electron chi connectivity index (χ2n) is 4.21. The molecule has 0 radical (unpaired) electrons. The molecule has 0 amide bonds. The molecule has 0 unspecified atom stereocenters. The zero-order chi connectivity index (χ0) is 14.2. The Bertz CT molecular complexity index is 267. The van der Waals surface area contributed by atoms with E-state index < -0.39 is 30.5 Å². The minimum absolute atomic E-state index is 0.0669. The van der Waals surface area contributed by atoms with E-state index in [2.05, 4.69) is 0 Å². The van der Waals surface area contributed by atoms with E-state index in [1.54, 1.807) is 0 Å². The molecule has 18 heavy (non-hydrogen) atoms. The van der Waals surface area contributed by atoms with Gasteiger partial charge < -0.3 is 30.3 Å². The van der Waals surface area contributed by atoms with Crippen LogP contribution >= 0.6 is 0 Å². The largest absolute Gasteiger partial charge is 0.394 e. The highest BCUT2D eigenvalue weighted by Crippen LogP contribution is 2.20. The summed E-state index contributed by atoms with van der Waals surface area (Å²) in [6, 6.07) is 0. The first-order chi connectivity index (χ1) is 8.43. The highest BCUT2D eigenvalue weighted by atomic mass is 16.4. The summed E-state index contributed by atoms with van der Waals surface area (Å²) in [7, 11) is 0. The molecule has 4 atom stereocenters. The zero-order valence-electron chi connectivity index (χ0n) is 10.4. The lowest BCUT2D eigenvalue weighted by Crippen LogP contribution is -2.56. The maximum absolute atomic E-state index is 10.6. The summed E-state index contributed by atoms with van der Waals surface area (Å²) in [5, 5.41) is 47.2. The highest BCUT2D eigenvalue weighted by Gasteiger charge is 2.43. The molecule has 0 spiro atoms. The van der Waals surface area contributed by atoms with Crippen LogP contribution in [0.4, 0.5) is 0 Å². The summed E-state index contributed by atoms with van der Waals surface area (Å²) in [5.41, 5.74) is -2.31. The second-order valence-corrected chi connectivity index (χ2v) is 4.21. The summed E-state index contributed by atoms with van der Waals surface area (Å²) < 4.78 is 0. The number of carbonyl (C=O) groups is 1. The average molecular weight is 262 g/mol. The number of rotatable bonds is 9. The van der Waals surface area contributed by atoms with Crippen molar-refractivity contribution in [1.29, 1.82) is 0 Å². The van der Waals surface area contributed by atoms with Gasteiger partial charge in [-0.1, -0.05) is 31.9 Å². The molecule has 0 aromatic carbocycles. The standard InChI is InChI=1S/C12H22O6/c1-2-3-4-5-6-12(18,10(16)8-14)11(17)9(15)7-13/h5-6,8-11,13,15-18H,2-4,7H2,1H3/b6-5-/t9-,10+,11-,12-/m1/s1. The lowest BCUT2D eigenvalue weighted by Gasteiger charge is -2.34. The van der Waals surface area contributed by atoms with Crippen molar-refractivity contribution in [3.63, 3.8) is 0 Å². The minimum atomic E-state index is -2.31.